The highest BCUT2D eigenvalue weighted by atomic mass is 16.5. The fourth-order valence-electron chi connectivity index (χ4n) is 2.50. The lowest BCUT2D eigenvalue weighted by Crippen LogP contribution is -2.33. The highest BCUT2D eigenvalue weighted by Gasteiger charge is 2.22. The molecule has 1 aromatic heterocycles. The molecule has 0 fully saturated rings. The zero-order chi connectivity index (χ0) is 16.4. The van der Waals surface area contributed by atoms with Gasteiger partial charge in [0.2, 0.25) is 0 Å². The molecule has 0 atom stereocenters. The number of ether oxygens (including phenoxy) is 1. The lowest BCUT2D eigenvalue weighted by atomic mass is 10.1. The Bertz CT molecular complexity index is 713. The second-order valence-corrected chi connectivity index (χ2v) is 5.80. The van der Waals surface area contributed by atoms with Crippen LogP contribution in [-0.4, -0.2) is 48.0 Å². The van der Waals surface area contributed by atoms with Crippen LogP contribution in [0.3, 0.4) is 0 Å². The molecule has 0 unspecified atom stereocenters. The van der Waals surface area contributed by atoms with Crippen LogP contribution in [0.1, 0.15) is 21.7 Å². The van der Waals surface area contributed by atoms with Crippen molar-refractivity contribution in [3.63, 3.8) is 0 Å². The quantitative estimate of drug-likeness (QED) is 0.847. The summed E-state index contributed by atoms with van der Waals surface area (Å²) in [7, 11) is 3.98. The van der Waals surface area contributed by atoms with Crippen LogP contribution in [0.2, 0.25) is 0 Å². The van der Waals surface area contributed by atoms with Crippen molar-refractivity contribution in [2.45, 2.75) is 13.5 Å². The smallest absolute Gasteiger partial charge is 0.274 e. The summed E-state index contributed by atoms with van der Waals surface area (Å²) in [5, 5.41) is 0. The zero-order valence-electron chi connectivity index (χ0n) is 13.6. The molecule has 2 aromatic rings. The van der Waals surface area contributed by atoms with Gasteiger partial charge in [0, 0.05) is 38.1 Å². The van der Waals surface area contributed by atoms with Gasteiger partial charge in [-0.15, -0.1) is 0 Å². The molecule has 1 aliphatic heterocycles. The van der Waals surface area contributed by atoms with E-state index in [-0.39, 0.29) is 5.91 Å². The van der Waals surface area contributed by atoms with Crippen LogP contribution in [0.5, 0.6) is 5.75 Å². The van der Waals surface area contributed by atoms with Gasteiger partial charge in [-0.25, -0.2) is 4.98 Å². The topological polar surface area (TPSA) is 58.6 Å². The average molecular weight is 312 g/mol. The van der Waals surface area contributed by atoms with Crippen LogP contribution in [0.15, 0.2) is 30.6 Å². The minimum absolute atomic E-state index is 0.121. The Morgan fingerprint density at radius 1 is 1.26 bits per heavy atom. The molecule has 23 heavy (non-hydrogen) atoms. The van der Waals surface area contributed by atoms with Crippen molar-refractivity contribution in [3.8, 4) is 5.75 Å². The summed E-state index contributed by atoms with van der Waals surface area (Å²) in [6.45, 7) is 3.35. The standard InChI is InChI=1S/C17H20N4O2/c1-12-9-19-15(10-18-12)17(22)21-6-7-23-16-5-4-14(20(2)3)8-13(16)11-21/h4-5,8-10H,6-7,11H2,1-3H3. The third kappa shape index (κ3) is 3.26. The van der Waals surface area contributed by atoms with Crippen molar-refractivity contribution in [3.05, 3.63) is 47.5 Å². The van der Waals surface area contributed by atoms with E-state index >= 15 is 0 Å². The fraction of sp³-hybridized carbons (Fsp3) is 0.353. The van der Waals surface area contributed by atoms with Crippen molar-refractivity contribution < 1.29 is 9.53 Å². The van der Waals surface area contributed by atoms with E-state index in [1.807, 2.05) is 38.1 Å². The minimum atomic E-state index is -0.121. The van der Waals surface area contributed by atoms with Crippen LogP contribution < -0.4 is 9.64 Å². The SMILES string of the molecule is Cc1cnc(C(=O)N2CCOc3ccc(N(C)C)cc3C2)cn1. The molecule has 0 spiro atoms. The molecule has 6 heteroatoms. The maximum absolute atomic E-state index is 12.6. The number of amides is 1. The van der Waals surface area contributed by atoms with E-state index < -0.39 is 0 Å². The number of hydrogen-bond acceptors (Lipinski definition) is 5. The van der Waals surface area contributed by atoms with Gasteiger partial charge in [0.05, 0.1) is 18.4 Å². The molecule has 1 amide bonds. The number of carbonyl (C=O) groups is 1. The largest absolute Gasteiger partial charge is 0.491 e. The predicted molar refractivity (Wildman–Crippen MR) is 87.8 cm³/mol. The van der Waals surface area contributed by atoms with E-state index in [1.54, 1.807) is 11.1 Å². The van der Waals surface area contributed by atoms with Crippen molar-refractivity contribution in [1.82, 2.24) is 14.9 Å². The number of rotatable bonds is 2. The lowest BCUT2D eigenvalue weighted by molar-refractivity contribution is 0.0727. The third-order valence-corrected chi connectivity index (χ3v) is 3.83. The van der Waals surface area contributed by atoms with Gasteiger partial charge in [-0.3, -0.25) is 9.78 Å². The van der Waals surface area contributed by atoms with Gasteiger partial charge in [-0.1, -0.05) is 0 Å². The molecule has 0 radical (unpaired) electrons. The Morgan fingerprint density at radius 2 is 2.09 bits per heavy atom. The molecule has 0 bridgehead atoms. The van der Waals surface area contributed by atoms with Crippen LogP contribution in [0.25, 0.3) is 0 Å². The number of anilines is 1. The van der Waals surface area contributed by atoms with Gasteiger partial charge in [0.15, 0.2) is 0 Å². The molecular formula is C17H20N4O2. The van der Waals surface area contributed by atoms with Crippen molar-refractivity contribution in [2.75, 3.05) is 32.1 Å². The number of fused-ring (bicyclic) bond motifs is 1. The molecule has 120 valence electrons. The van der Waals surface area contributed by atoms with Gasteiger partial charge in [0.25, 0.3) is 5.91 Å². The zero-order valence-corrected chi connectivity index (χ0v) is 13.6. The van der Waals surface area contributed by atoms with Gasteiger partial charge >= 0.3 is 0 Å². The van der Waals surface area contributed by atoms with Crippen LogP contribution >= 0.6 is 0 Å². The summed E-state index contributed by atoms with van der Waals surface area (Å²) < 4.78 is 5.77. The number of benzene rings is 1. The highest BCUT2D eigenvalue weighted by Crippen LogP contribution is 2.27. The minimum Gasteiger partial charge on any atom is -0.491 e. The molecule has 0 saturated carbocycles. The maximum atomic E-state index is 12.6. The average Bonchev–Trinajstić information content (AvgIpc) is 2.76. The maximum Gasteiger partial charge on any atom is 0.274 e. The Hall–Kier alpha value is -2.63. The fourth-order valence-corrected chi connectivity index (χ4v) is 2.50. The molecule has 6 nitrogen and oxygen atoms in total. The first-order valence-electron chi connectivity index (χ1n) is 7.55. The number of hydrogen-bond donors (Lipinski definition) is 0. The van der Waals surface area contributed by atoms with E-state index in [0.29, 0.717) is 25.4 Å². The van der Waals surface area contributed by atoms with Gasteiger partial charge in [-0.2, -0.15) is 0 Å². The number of carbonyl (C=O) groups excluding carboxylic acids is 1. The second kappa shape index (κ2) is 6.24. The van der Waals surface area contributed by atoms with E-state index in [0.717, 1.165) is 22.7 Å². The summed E-state index contributed by atoms with van der Waals surface area (Å²) >= 11 is 0. The molecule has 1 aliphatic rings. The monoisotopic (exact) mass is 312 g/mol. The van der Waals surface area contributed by atoms with Gasteiger partial charge < -0.3 is 14.5 Å². The van der Waals surface area contributed by atoms with Gasteiger partial charge in [-0.05, 0) is 25.1 Å². The van der Waals surface area contributed by atoms with Crippen LogP contribution in [-0.2, 0) is 6.54 Å². The first-order chi connectivity index (χ1) is 11.0. The van der Waals surface area contributed by atoms with E-state index in [1.165, 1.54) is 6.20 Å². The molecule has 1 aromatic carbocycles. The Labute approximate surface area is 135 Å². The van der Waals surface area contributed by atoms with E-state index in [9.17, 15) is 4.79 Å². The summed E-state index contributed by atoms with van der Waals surface area (Å²) in [5.41, 5.74) is 3.24. The van der Waals surface area contributed by atoms with Crippen LogP contribution in [0.4, 0.5) is 5.69 Å². The Kier molecular flexibility index (Phi) is 4.14. The molecule has 0 saturated heterocycles. The van der Waals surface area contributed by atoms with E-state index in [4.69, 9.17) is 4.74 Å². The second-order valence-electron chi connectivity index (χ2n) is 5.80. The summed E-state index contributed by atoms with van der Waals surface area (Å²) in [6, 6.07) is 6.04. The highest BCUT2D eigenvalue weighted by molar-refractivity contribution is 5.92. The lowest BCUT2D eigenvalue weighted by Gasteiger charge is -2.20. The molecular weight excluding hydrogens is 292 g/mol. The Morgan fingerprint density at radius 3 is 2.78 bits per heavy atom. The number of aryl methyl sites for hydroxylation is 1. The number of nitrogens with zero attached hydrogens (tertiary/aromatic N) is 4. The summed E-state index contributed by atoms with van der Waals surface area (Å²) in [5.74, 6) is 0.713. The van der Waals surface area contributed by atoms with Crippen LogP contribution in [0, 0.1) is 6.92 Å². The normalized spacial score (nSPS) is 13.8. The summed E-state index contributed by atoms with van der Waals surface area (Å²) in [4.78, 5) is 24.8. The summed E-state index contributed by atoms with van der Waals surface area (Å²) in [6.07, 6.45) is 3.14. The van der Waals surface area contributed by atoms with Crippen molar-refractivity contribution in [2.24, 2.45) is 0 Å². The molecule has 0 aliphatic carbocycles. The van der Waals surface area contributed by atoms with Crippen molar-refractivity contribution >= 4 is 11.6 Å². The van der Waals surface area contributed by atoms with E-state index in [2.05, 4.69) is 16.0 Å². The number of aromatic nitrogens is 2. The molecule has 2 heterocycles. The Balaban J connectivity index is 1.86. The first kappa shape index (κ1) is 15.3. The molecule has 0 N–H and O–H groups in total. The third-order valence-electron chi connectivity index (χ3n) is 3.83. The molecule has 3 rings (SSSR count). The van der Waals surface area contributed by atoms with Gasteiger partial charge in [0.1, 0.15) is 18.1 Å². The van der Waals surface area contributed by atoms with Crippen molar-refractivity contribution in [1.29, 1.82) is 0 Å². The predicted octanol–water partition coefficient (Wildman–Crippen LogP) is 1.89. The first-order valence-corrected chi connectivity index (χ1v) is 7.55.